The van der Waals surface area contributed by atoms with Crippen molar-refractivity contribution in [2.75, 3.05) is 7.05 Å². The van der Waals surface area contributed by atoms with Crippen LogP contribution in [-0.4, -0.2) is 23.0 Å². The third-order valence-corrected chi connectivity index (χ3v) is 4.09. The first kappa shape index (κ1) is 13.5. The van der Waals surface area contributed by atoms with Gasteiger partial charge in [0, 0.05) is 11.9 Å². The number of rotatable bonds is 3. The molecule has 1 atom stereocenters. The number of hydrogen-bond acceptors (Lipinski definition) is 3. The molecular formula is C14H14FNO2S. The molecule has 1 unspecified atom stereocenters. The topological polar surface area (TPSA) is 40.5 Å². The monoisotopic (exact) mass is 279 g/mol. The number of amides is 1. The molecule has 1 aromatic heterocycles. The van der Waals surface area contributed by atoms with Crippen LogP contribution >= 0.6 is 11.3 Å². The molecule has 19 heavy (non-hydrogen) atoms. The standard InChI is InChI=1S/C14H14FNO2S/c1-9(13-4-3-7-19-13)16(2)14(18)11-8-10(15)5-6-12(11)17/h3-9,17H,1-2H3. The Morgan fingerprint density at radius 3 is 2.79 bits per heavy atom. The van der Waals surface area contributed by atoms with Crippen LogP contribution in [0, 0.1) is 5.82 Å². The van der Waals surface area contributed by atoms with Crippen molar-refractivity contribution in [2.24, 2.45) is 0 Å². The van der Waals surface area contributed by atoms with Gasteiger partial charge in [-0.3, -0.25) is 4.79 Å². The van der Waals surface area contributed by atoms with E-state index in [0.29, 0.717) is 0 Å². The van der Waals surface area contributed by atoms with Gasteiger partial charge in [0.25, 0.3) is 5.91 Å². The quantitative estimate of drug-likeness (QED) is 0.935. The lowest BCUT2D eigenvalue weighted by Crippen LogP contribution is -2.29. The van der Waals surface area contributed by atoms with Crippen molar-refractivity contribution in [1.29, 1.82) is 0 Å². The van der Waals surface area contributed by atoms with Crippen molar-refractivity contribution in [1.82, 2.24) is 4.90 Å². The van der Waals surface area contributed by atoms with E-state index < -0.39 is 11.7 Å². The lowest BCUT2D eigenvalue weighted by molar-refractivity contribution is 0.0741. The van der Waals surface area contributed by atoms with E-state index in [1.165, 1.54) is 11.0 Å². The van der Waals surface area contributed by atoms with Crippen LogP contribution < -0.4 is 0 Å². The van der Waals surface area contributed by atoms with E-state index >= 15 is 0 Å². The lowest BCUT2D eigenvalue weighted by atomic mass is 10.1. The van der Waals surface area contributed by atoms with Crippen LogP contribution in [0.15, 0.2) is 35.7 Å². The molecule has 2 rings (SSSR count). The number of aromatic hydroxyl groups is 1. The SMILES string of the molecule is CC(c1cccs1)N(C)C(=O)c1cc(F)ccc1O. The number of hydrogen-bond donors (Lipinski definition) is 1. The number of carbonyl (C=O) groups excluding carboxylic acids is 1. The van der Waals surface area contributed by atoms with Gasteiger partial charge in [-0.1, -0.05) is 6.07 Å². The number of phenols is 1. The summed E-state index contributed by atoms with van der Waals surface area (Å²) in [5.74, 6) is -1.16. The molecule has 0 aliphatic carbocycles. The van der Waals surface area contributed by atoms with E-state index in [1.54, 1.807) is 18.4 Å². The van der Waals surface area contributed by atoms with Gasteiger partial charge >= 0.3 is 0 Å². The Bertz CT molecular complexity index is 583. The maximum absolute atomic E-state index is 13.2. The molecule has 0 bridgehead atoms. The average Bonchev–Trinajstić information content (AvgIpc) is 2.93. The van der Waals surface area contributed by atoms with Gasteiger partial charge in [-0.25, -0.2) is 4.39 Å². The first-order valence-corrected chi connectivity index (χ1v) is 6.67. The van der Waals surface area contributed by atoms with Gasteiger partial charge in [0.15, 0.2) is 0 Å². The summed E-state index contributed by atoms with van der Waals surface area (Å²) >= 11 is 1.55. The van der Waals surface area contributed by atoms with Crippen LogP contribution in [0.1, 0.15) is 28.2 Å². The zero-order valence-corrected chi connectivity index (χ0v) is 11.4. The van der Waals surface area contributed by atoms with Crippen molar-refractivity contribution in [3.8, 4) is 5.75 Å². The molecule has 0 saturated heterocycles. The smallest absolute Gasteiger partial charge is 0.257 e. The highest BCUT2D eigenvalue weighted by Crippen LogP contribution is 2.27. The molecule has 1 N–H and O–H groups in total. The predicted molar refractivity (Wildman–Crippen MR) is 72.9 cm³/mol. The Morgan fingerprint density at radius 1 is 1.42 bits per heavy atom. The Balaban J connectivity index is 2.26. The molecule has 0 aliphatic heterocycles. The molecular weight excluding hydrogens is 265 g/mol. The van der Waals surface area contributed by atoms with E-state index in [9.17, 15) is 14.3 Å². The molecule has 100 valence electrons. The highest BCUT2D eigenvalue weighted by Gasteiger charge is 2.22. The van der Waals surface area contributed by atoms with E-state index in [4.69, 9.17) is 0 Å². The fourth-order valence-corrected chi connectivity index (χ4v) is 2.59. The summed E-state index contributed by atoms with van der Waals surface area (Å²) in [6.45, 7) is 1.89. The van der Waals surface area contributed by atoms with Crippen molar-refractivity contribution >= 4 is 17.2 Å². The zero-order valence-electron chi connectivity index (χ0n) is 10.6. The van der Waals surface area contributed by atoms with Gasteiger partial charge in [-0.05, 0) is 36.6 Å². The Kier molecular flexibility index (Phi) is 3.85. The summed E-state index contributed by atoms with van der Waals surface area (Å²) in [4.78, 5) is 14.8. The lowest BCUT2D eigenvalue weighted by Gasteiger charge is -2.24. The molecule has 3 nitrogen and oxygen atoms in total. The van der Waals surface area contributed by atoms with Crippen LogP contribution in [0.3, 0.4) is 0 Å². The predicted octanol–water partition coefficient (Wildman–Crippen LogP) is 3.43. The number of halogens is 1. The minimum Gasteiger partial charge on any atom is -0.507 e. The average molecular weight is 279 g/mol. The summed E-state index contributed by atoms with van der Waals surface area (Å²) in [6, 6.07) is 7.07. The largest absolute Gasteiger partial charge is 0.507 e. The van der Waals surface area contributed by atoms with Crippen LogP contribution in [0.25, 0.3) is 0 Å². The fraction of sp³-hybridized carbons (Fsp3) is 0.214. The van der Waals surface area contributed by atoms with E-state index in [1.807, 2.05) is 24.4 Å². The maximum Gasteiger partial charge on any atom is 0.257 e. The minimum absolute atomic E-state index is 0.0223. The molecule has 2 aromatic rings. The maximum atomic E-state index is 13.2. The molecule has 0 saturated carbocycles. The van der Waals surface area contributed by atoms with Gasteiger partial charge in [0.1, 0.15) is 11.6 Å². The fourth-order valence-electron chi connectivity index (χ4n) is 1.77. The summed E-state index contributed by atoms with van der Waals surface area (Å²) in [5.41, 5.74) is -0.0223. The molecule has 0 spiro atoms. The molecule has 1 aromatic carbocycles. The van der Waals surface area contributed by atoms with Crippen LogP contribution in [-0.2, 0) is 0 Å². The van der Waals surface area contributed by atoms with Crippen LogP contribution in [0.5, 0.6) is 5.75 Å². The van der Waals surface area contributed by atoms with Crippen molar-refractivity contribution < 1.29 is 14.3 Å². The number of phenolic OH excluding ortho intramolecular Hbond substituents is 1. The first-order chi connectivity index (χ1) is 9.00. The highest BCUT2D eigenvalue weighted by atomic mass is 32.1. The molecule has 0 fully saturated rings. The number of benzene rings is 1. The van der Waals surface area contributed by atoms with Crippen molar-refractivity contribution in [3.05, 3.63) is 52.0 Å². The first-order valence-electron chi connectivity index (χ1n) is 5.79. The summed E-state index contributed by atoms with van der Waals surface area (Å²) in [5, 5.41) is 11.6. The second-order valence-corrected chi connectivity index (χ2v) is 5.25. The summed E-state index contributed by atoms with van der Waals surface area (Å²) < 4.78 is 13.2. The number of carbonyl (C=O) groups is 1. The van der Waals surface area contributed by atoms with Gasteiger partial charge < -0.3 is 10.0 Å². The summed E-state index contributed by atoms with van der Waals surface area (Å²) in [7, 11) is 1.64. The molecule has 0 radical (unpaired) electrons. The summed E-state index contributed by atoms with van der Waals surface area (Å²) in [6.07, 6.45) is 0. The normalized spacial score (nSPS) is 12.2. The Morgan fingerprint density at radius 2 is 2.16 bits per heavy atom. The van der Waals surface area contributed by atoms with Crippen LogP contribution in [0.2, 0.25) is 0 Å². The van der Waals surface area contributed by atoms with Gasteiger partial charge in [0.2, 0.25) is 0 Å². The van der Waals surface area contributed by atoms with Crippen molar-refractivity contribution in [2.45, 2.75) is 13.0 Å². The third kappa shape index (κ3) is 2.76. The minimum atomic E-state index is -0.543. The molecule has 5 heteroatoms. The van der Waals surface area contributed by atoms with Gasteiger partial charge in [-0.2, -0.15) is 0 Å². The molecule has 1 heterocycles. The van der Waals surface area contributed by atoms with E-state index in [0.717, 1.165) is 17.0 Å². The van der Waals surface area contributed by atoms with E-state index in [2.05, 4.69) is 0 Å². The molecule has 1 amide bonds. The highest BCUT2D eigenvalue weighted by molar-refractivity contribution is 7.10. The van der Waals surface area contributed by atoms with Gasteiger partial charge in [-0.15, -0.1) is 11.3 Å². The third-order valence-electron chi connectivity index (χ3n) is 3.05. The second kappa shape index (κ2) is 5.40. The number of nitrogens with zero attached hydrogens (tertiary/aromatic N) is 1. The number of thiophene rings is 1. The zero-order chi connectivity index (χ0) is 14.0. The van der Waals surface area contributed by atoms with Gasteiger partial charge in [0.05, 0.1) is 11.6 Å². The Labute approximate surface area is 114 Å². The molecule has 0 aliphatic rings. The van der Waals surface area contributed by atoms with E-state index in [-0.39, 0.29) is 17.4 Å². The van der Waals surface area contributed by atoms with Crippen molar-refractivity contribution in [3.63, 3.8) is 0 Å². The second-order valence-electron chi connectivity index (χ2n) is 4.27. The Hall–Kier alpha value is -1.88. The van der Waals surface area contributed by atoms with Crippen LogP contribution in [0.4, 0.5) is 4.39 Å².